The summed E-state index contributed by atoms with van der Waals surface area (Å²) in [4.78, 5) is 28.3. The number of hydrogen-bond donors (Lipinski definition) is 0. The molecular formula is C20H22N2O5S. The van der Waals surface area contributed by atoms with Crippen molar-refractivity contribution in [3.05, 3.63) is 57.6 Å². The number of thioether (sulfide) groups is 1. The number of rotatable bonds is 7. The van der Waals surface area contributed by atoms with Gasteiger partial charge in [0.25, 0.3) is 5.69 Å². The van der Waals surface area contributed by atoms with Crippen molar-refractivity contribution >= 4 is 39.2 Å². The number of hydrogen-bond acceptors (Lipinski definition) is 7. The van der Waals surface area contributed by atoms with Crippen LogP contribution in [0, 0.1) is 10.1 Å². The highest BCUT2D eigenvalue weighted by Gasteiger charge is 2.32. The SMILES string of the molecule is C/C=C\S/C(=C\C)c1cc(OC(C)(C)C(=O)OC)c2cc([N+](=O)[O-])ccc2n1. The summed E-state index contributed by atoms with van der Waals surface area (Å²) < 4.78 is 10.8. The molecule has 0 saturated carbocycles. The third-order valence-electron chi connectivity index (χ3n) is 3.85. The summed E-state index contributed by atoms with van der Waals surface area (Å²) in [5.41, 5.74) is -0.198. The number of esters is 1. The molecule has 0 saturated heterocycles. The van der Waals surface area contributed by atoms with Crippen molar-refractivity contribution < 1.29 is 19.2 Å². The summed E-state index contributed by atoms with van der Waals surface area (Å²) in [7, 11) is 1.28. The Kier molecular flexibility index (Phi) is 6.80. The lowest BCUT2D eigenvalue weighted by Gasteiger charge is -2.24. The number of benzene rings is 1. The minimum absolute atomic E-state index is 0.0858. The van der Waals surface area contributed by atoms with Crippen molar-refractivity contribution in [2.45, 2.75) is 33.3 Å². The van der Waals surface area contributed by atoms with E-state index in [1.807, 2.05) is 31.4 Å². The Hall–Kier alpha value is -2.87. The Balaban J connectivity index is 2.69. The molecule has 1 aromatic carbocycles. The van der Waals surface area contributed by atoms with Gasteiger partial charge in [-0.2, -0.15) is 0 Å². The first-order valence-corrected chi connectivity index (χ1v) is 9.42. The molecule has 0 unspecified atom stereocenters. The zero-order chi connectivity index (χ0) is 20.9. The predicted molar refractivity (Wildman–Crippen MR) is 111 cm³/mol. The van der Waals surface area contributed by atoms with E-state index < -0.39 is 16.5 Å². The van der Waals surface area contributed by atoms with E-state index in [1.54, 1.807) is 26.0 Å². The molecule has 0 bridgehead atoms. The van der Waals surface area contributed by atoms with Crippen molar-refractivity contribution in [3.8, 4) is 5.75 Å². The third kappa shape index (κ3) is 4.69. The number of carbonyl (C=O) groups excluding carboxylic acids is 1. The molecule has 0 aliphatic heterocycles. The standard InChI is InChI=1S/C20H22N2O5S/c1-6-10-28-18(7-2)16-12-17(27-20(3,4)19(23)26-5)14-11-13(22(24)25)8-9-15(14)21-16/h6-12H,1-5H3/b10-6-,18-7-. The summed E-state index contributed by atoms with van der Waals surface area (Å²) in [6, 6.07) is 6.04. The number of aromatic nitrogens is 1. The van der Waals surface area contributed by atoms with Crippen LogP contribution in [0.15, 0.2) is 41.8 Å². The molecular weight excluding hydrogens is 380 g/mol. The molecule has 0 amide bonds. The van der Waals surface area contributed by atoms with Gasteiger partial charge < -0.3 is 9.47 Å². The van der Waals surface area contributed by atoms with Crippen LogP contribution in [-0.4, -0.2) is 28.6 Å². The lowest BCUT2D eigenvalue weighted by atomic mass is 10.1. The molecule has 148 valence electrons. The molecule has 0 atom stereocenters. The quantitative estimate of drug-likeness (QED) is 0.361. The normalized spacial score (nSPS) is 12.4. The predicted octanol–water partition coefficient (Wildman–Crippen LogP) is 5.10. The van der Waals surface area contributed by atoms with Crippen LogP contribution in [0.25, 0.3) is 15.8 Å². The number of pyridine rings is 1. The molecule has 0 spiro atoms. The Morgan fingerprint density at radius 1 is 1.29 bits per heavy atom. The molecule has 8 heteroatoms. The lowest BCUT2D eigenvalue weighted by Crippen LogP contribution is -2.39. The molecule has 0 N–H and O–H groups in total. The van der Waals surface area contributed by atoms with E-state index in [2.05, 4.69) is 4.98 Å². The maximum absolute atomic E-state index is 12.1. The average molecular weight is 402 g/mol. The number of methoxy groups -OCH3 is 1. The smallest absolute Gasteiger partial charge is 0.349 e. The van der Waals surface area contributed by atoms with Gasteiger partial charge in [0.1, 0.15) is 5.75 Å². The zero-order valence-corrected chi connectivity index (χ0v) is 17.2. The molecule has 0 aliphatic rings. The third-order valence-corrected chi connectivity index (χ3v) is 4.96. The second kappa shape index (κ2) is 8.88. The van der Waals surface area contributed by atoms with E-state index in [-0.39, 0.29) is 5.69 Å². The number of nitrogens with zero attached hydrogens (tertiary/aromatic N) is 2. The van der Waals surface area contributed by atoms with Gasteiger partial charge in [-0.15, -0.1) is 0 Å². The van der Waals surface area contributed by atoms with Crippen LogP contribution < -0.4 is 4.74 Å². The number of allylic oxidation sites excluding steroid dienone is 2. The number of carbonyl (C=O) groups is 1. The average Bonchev–Trinajstić information content (AvgIpc) is 2.67. The van der Waals surface area contributed by atoms with Gasteiger partial charge in [0.05, 0.1) is 23.2 Å². The monoisotopic (exact) mass is 402 g/mol. The highest BCUT2D eigenvalue weighted by atomic mass is 32.2. The van der Waals surface area contributed by atoms with E-state index in [4.69, 9.17) is 9.47 Å². The summed E-state index contributed by atoms with van der Waals surface area (Å²) in [6.07, 6.45) is 3.83. The van der Waals surface area contributed by atoms with E-state index in [0.29, 0.717) is 22.3 Å². The number of nitro groups is 1. The van der Waals surface area contributed by atoms with Crippen LogP contribution in [-0.2, 0) is 9.53 Å². The van der Waals surface area contributed by atoms with Crippen LogP contribution in [0.1, 0.15) is 33.4 Å². The van der Waals surface area contributed by atoms with Crippen LogP contribution in [0.2, 0.25) is 0 Å². The van der Waals surface area contributed by atoms with Crippen LogP contribution >= 0.6 is 11.8 Å². The van der Waals surface area contributed by atoms with E-state index in [1.165, 1.54) is 31.0 Å². The van der Waals surface area contributed by atoms with Gasteiger partial charge in [0, 0.05) is 28.5 Å². The maximum atomic E-state index is 12.1. The van der Waals surface area contributed by atoms with Gasteiger partial charge in [-0.3, -0.25) is 10.1 Å². The largest absolute Gasteiger partial charge is 0.475 e. The van der Waals surface area contributed by atoms with Gasteiger partial charge in [-0.1, -0.05) is 23.9 Å². The van der Waals surface area contributed by atoms with Gasteiger partial charge >= 0.3 is 5.97 Å². The summed E-state index contributed by atoms with van der Waals surface area (Å²) >= 11 is 1.49. The second-order valence-corrected chi connectivity index (χ2v) is 7.26. The second-order valence-electron chi connectivity index (χ2n) is 6.31. The molecule has 1 heterocycles. The fourth-order valence-corrected chi connectivity index (χ4v) is 3.13. The molecule has 0 aliphatic carbocycles. The Morgan fingerprint density at radius 2 is 2.00 bits per heavy atom. The van der Waals surface area contributed by atoms with Crippen molar-refractivity contribution in [3.63, 3.8) is 0 Å². The summed E-state index contributed by atoms with van der Waals surface area (Å²) in [5.74, 6) is -0.237. The minimum Gasteiger partial charge on any atom is -0.475 e. The van der Waals surface area contributed by atoms with Crippen molar-refractivity contribution in [2.75, 3.05) is 7.11 Å². The topological polar surface area (TPSA) is 91.6 Å². The van der Waals surface area contributed by atoms with E-state index >= 15 is 0 Å². The molecule has 1 aromatic heterocycles. The first-order chi connectivity index (χ1) is 13.2. The van der Waals surface area contributed by atoms with Gasteiger partial charge in [-0.25, -0.2) is 9.78 Å². The van der Waals surface area contributed by atoms with Gasteiger partial charge in [-0.05, 0) is 39.2 Å². The fourth-order valence-electron chi connectivity index (χ4n) is 2.49. The number of non-ortho nitro benzene ring substituents is 1. The molecule has 7 nitrogen and oxygen atoms in total. The summed E-state index contributed by atoms with van der Waals surface area (Å²) in [6.45, 7) is 6.97. The highest BCUT2D eigenvalue weighted by molar-refractivity contribution is 8.10. The maximum Gasteiger partial charge on any atom is 0.349 e. The van der Waals surface area contributed by atoms with Crippen LogP contribution in [0.5, 0.6) is 5.75 Å². The van der Waals surface area contributed by atoms with E-state index in [9.17, 15) is 14.9 Å². The molecule has 0 fully saturated rings. The lowest BCUT2D eigenvalue weighted by molar-refractivity contribution is -0.384. The molecule has 2 aromatic rings. The van der Waals surface area contributed by atoms with Crippen LogP contribution in [0.3, 0.4) is 0 Å². The molecule has 2 rings (SSSR count). The fraction of sp³-hybridized carbons (Fsp3) is 0.300. The van der Waals surface area contributed by atoms with Gasteiger partial charge in [0.15, 0.2) is 5.60 Å². The molecule has 0 radical (unpaired) electrons. The zero-order valence-electron chi connectivity index (χ0n) is 16.4. The molecule has 28 heavy (non-hydrogen) atoms. The number of fused-ring (bicyclic) bond motifs is 1. The van der Waals surface area contributed by atoms with Crippen molar-refractivity contribution in [2.24, 2.45) is 0 Å². The van der Waals surface area contributed by atoms with Crippen LogP contribution in [0.4, 0.5) is 5.69 Å². The first kappa shape index (κ1) is 21.4. The first-order valence-electron chi connectivity index (χ1n) is 8.54. The number of ether oxygens (including phenoxy) is 2. The Labute approximate surface area is 167 Å². The van der Waals surface area contributed by atoms with Crippen molar-refractivity contribution in [1.82, 2.24) is 4.98 Å². The summed E-state index contributed by atoms with van der Waals surface area (Å²) in [5, 5.41) is 13.6. The van der Waals surface area contributed by atoms with Crippen molar-refractivity contribution in [1.29, 1.82) is 0 Å². The minimum atomic E-state index is -1.28. The highest BCUT2D eigenvalue weighted by Crippen LogP contribution is 2.36. The Bertz CT molecular complexity index is 966. The van der Waals surface area contributed by atoms with Gasteiger partial charge in [0.2, 0.25) is 0 Å². The number of nitro benzene ring substituents is 1. The van der Waals surface area contributed by atoms with E-state index in [0.717, 1.165) is 4.91 Å². The Morgan fingerprint density at radius 3 is 2.57 bits per heavy atom.